The second-order valence-electron chi connectivity index (χ2n) is 15.6. The minimum atomic E-state index is 1.20. The first kappa shape index (κ1) is 37.1. The maximum Gasteiger partial charge on any atom is 0.0342 e. The van der Waals surface area contributed by atoms with Gasteiger partial charge in [0.2, 0.25) is 0 Å². The standard InChI is InChI=1S/C58H36S4/c1-3-11-39(12-4-1)55-47-35-43(51-17-9-33-61-51)27-29-45(47)54(42-25-21-38(22-26-42)50-16-8-32-60-50)58-56(40-13-5-2-6-14-40)48-36-44(52-18-10-34-62-52)28-30-46(48)53(57(55)58)41-23-19-37(20-24-41)49-15-7-31-59-49/h1-36H. The second-order valence-corrected chi connectivity index (χ2v) is 19.4. The van der Waals surface area contributed by atoms with Crippen LogP contribution in [-0.2, 0) is 0 Å². The van der Waals surface area contributed by atoms with Gasteiger partial charge in [0, 0.05) is 19.5 Å². The van der Waals surface area contributed by atoms with Crippen molar-refractivity contribution in [2.75, 3.05) is 0 Å². The maximum absolute atomic E-state index is 2.46. The van der Waals surface area contributed by atoms with Crippen LogP contribution in [0.2, 0.25) is 0 Å². The van der Waals surface area contributed by atoms with Gasteiger partial charge in [-0.15, -0.1) is 45.3 Å². The molecule has 0 atom stereocenters. The van der Waals surface area contributed by atoms with Gasteiger partial charge in [0.1, 0.15) is 0 Å². The minimum Gasteiger partial charge on any atom is -0.144 e. The lowest BCUT2D eigenvalue weighted by atomic mass is 9.77. The van der Waals surface area contributed by atoms with Crippen LogP contribution in [0.1, 0.15) is 0 Å². The van der Waals surface area contributed by atoms with Gasteiger partial charge < -0.3 is 0 Å². The molecule has 0 aliphatic carbocycles. The van der Waals surface area contributed by atoms with Crippen LogP contribution in [0.3, 0.4) is 0 Å². The van der Waals surface area contributed by atoms with Gasteiger partial charge in [0.05, 0.1) is 0 Å². The molecule has 4 heteroatoms. The Balaban J connectivity index is 1.33. The predicted octanol–water partition coefficient (Wildman–Crippen LogP) is 18.7. The van der Waals surface area contributed by atoms with E-state index in [1.807, 2.05) is 0 Å². The number of thiophene rings is 4. The summed E-state index contributed by atoms with van der Waals surface area (Å²) in [7, 11) is 0. The molecule has 0 nitrogen and oxygen atoms in total. The number of hydrogen-bond donors (Lipinski definition) is 0. The zero-order valence-electron chi connectivity index (χ0n) is 33.4. The summed E-state index contributed by atoms with van der Waals surface area (Å²) in [4.78, 5) is 5.08. The van der Waals surface area contributed by atoms with Gasteiger partial charge in [-0.1, -0.05) is 158 Å². The average Bonchev–Trinajstić information content (AvgIpc) is 4.20. The van der Waals surface area contributed by atoms with Crippen molar-refractivity contribution in [3.05, 3.63) is 216 Å². The Morgan fingerprint density at radius 1 is 0.210 bits per heavy atom. The van der Waals surface area contributed by atoms with Crippen molar-refractivity contribution in [3.8, 4) is 86.3 Å². The molecular formula is C58H36S4. The molecule has 0 saturated heterocycles. The molecule has 12 rings (SSSR count). The molecule has 292 valence electrons. The van der Waals surface area contributed by atoms with Crippen molar-refractivity contribution < 1.29 is 0 Å². The van der Waals surface area contributed by atoms with E-state index in [9.17, 15) is 0 Å². The maximum atomic E-state index is 2.46. The van der Waals surface area contributed by atoms with Gasteiger partial charge in [-0.25, -0.2) is 0 Å². The molecule has 8 aromatic carbocycles. The summed E-state index contributed by atoms with van der Waals surface area (Å²) in [5.74, 6) is 0. The fourth-order valence-electron chi connectivity index (χ4n) is 9.32. The van der Waals surface area contributed by atoms with Crippen molar-refractivity contribution in [2.45, 2.75) is 0 Å². The van der Waals surface area contributed by atoms with E-state index < -0.39 is 0 Å². The lowest BCUT2D eigenvalue weighted by Crippen LogP contribution is -1.98. The molecule has 0 aliphatic rings. The molecule has 0 unspecified atom stereocenters. The van der Waals surface area contributed by atoms with E-state index in [4.69, 9.17) is 0 Å². The molecule has 0 fully saturated rings. The third kappa shape index (κ3) is 6.38. The first-order chi connectivity index (χ1) is 30.8. The van der Waals surface area contributed by atoms with Gasteiger partial charge in [-0.2, -0.15) is 0 Å². The molecule has 0 aliphatic heterocycles. The van der Waals surface area contributed by atoms with Crippen LogP contribution in [0.15, 0.2) is 216 Å². The van der Waals surface area contributed by atoms with Crippen LogP contribution >= 0.6 is 45.3 Å². The molecule has 0 amide bonds. The predicted molar refractivity (Wildman–Crippen MR) is 274 cm³/mol. The number of benzene rings is 8. The number of fused-ring (bicyclic) bond motifs is 3. The van der Waals surface area contributed by atoms with Crippen molar-refractivity contribution in [2.24, 2.45) is 0 Å². The summed E-state index contributed by atoms with van der Waals surface area (Å²) in [6, 6.07) is 72.8. The van der Waals surface area contributed by atoms with Gasteiger partial charge in [0.15, 0.2) is 0 Å². The second kappa shape index (κ2) is 15.7. The highest BCUT2D eigenvalue weighted by molar-refractivity contribution is 7.14. The molecule has 4 aromatic heterocycles. The molecule has 4 heterocycles. The molecular weight excluding hydrogens is 825 g/mol. The van der Waals surface area contributed by atoms with E-state index in [-0.39, 0.29) is 0 Å². The highest BCUT2D eigenvalue weighted by atomic mass is 32.1. The summed E-state index contributed by atoms with van der Waals surface area (Å²) in [5.41, 5.74) is 14.8. The zero-order valence-corrected chi connectivity index (χ0v) is 36.7. The van der Waals surface area contributed by atoms with E-state index in [1.54, 1.807) is 45.3 Å². The average molecular weight is 861 g/mol. The Morgan fingerprint density at radius 3 is 0.839 bits per heavy atom. The van der Waals surface area contributed by atoms with Gasteiger partial charge in [-0.3, -0.25) is 0 Å². The molecule has 0 spiro atoms. The molecule has 12 aromatic rings. The fourth-order valence-corrected chi connectivity index (χ4v) is 12.2. The van der Waals surface area contributed by atoms with E-state index in [2.05, 4.69) is 216 Å². The smallest absolute Gasteiger partial charge is 0.0342 e. The number of hydrogen-bond acceptors (Lipinski definition) is 4. The normalized spacial score (nSPS) is 11.5. The van der Waals surface area contributed by atoms with Crippen LogP contribution in [0.5, 0.6) is 0 Å². The molecule has 0 N–H and O–H groups in total. The Labute approximate surface area is 376 Å². The monoisotopic (exact) mass is 860 g/mol. The Kier molecular flexibility index (Phi) is 9.38. The third-order valence-corrected chi connectivity index (χ3v) is 15.7. The van der Waals surface area contributed by atoms with Gasteiger partial charge in [0.25, 0.3) is 0 Å². The Bertz CT molecular complexity index is 3250. The van der Waals surface area contributed by atoms with Crippen LogP contribution in [0.4, 0.5) is 0 Å². The highest BCUT2D eigenvalue weighted by Gasteiger charge is 2.27. The summed E-state index contributed by atoms with van der Waals surface area (Å²) in [6.07, 6.45) is 0. The molecule has 62 heavy (non-hydrogen) atoms. The fraction of sp³-hybridized carbons (Fsp3) is 0. The van der Waals surface area contributed by atoms with Gasteiger partial charge in [-0.05, 0) is 157 Å². The van der Waals surface area contributed by atoms with E-state index in [0.29, 0.717) is 0 Å². The van der Waals surface area contributed by atoms with Crippen molar-refractivity contribution in [1.29, 1.82) is 0 Å². The van der Waals surface area contributed by atoms with Gasteiger partial charge >= 0.3 is 0 Å². The summed E-state index contributed by atoms with van der Waals surface area (Å²) >= 11 is 7.16. The van der Waals surface area contributed by atoms with Crippen molar-refractivity contribution in [1.82, 2.24) is 0 Å². The minimum absolute atomic E-state index is 1.20. The van der Waals surface area contributed by atoms with Crippen LogP contribution in [0, 0.1) is 0 Å². The number of rotatable bonds is 8. The molecule has 0 bridgehead atoms. The lowest BCUT2D eigenvalue weighted by molar-refractivity contribution is 1.63. The highest BCUT2D eigenvalue weighted by Crippen LogP contribution is 2.55. The van der Waals surface area contributed by atoms with Crippen LogP contribution in [0.25, 0.3) is 119 Å². The van der Waals surface area contributed by atoms with E-state index >= 15 is 0 Å². The van der Waals surface area contributed by atoms with Crippen molar-refractivity contribution >= 4 is 77.7 Å². The lowest BCUT2D eigenvalue weighted by Gasteiger charge is -2.26. The Hall–Kier alpha value is -6.66. The van der Waals surface area contributed by atoms with Crippen molar-refractivity contribution in [3.63, 3.8) is 0 Å². The summed E-state index contributed by atoms with van der Waals surface area (Å²) < 4.78 is 0. The quantitative estimate of drug-likeness (QED) is 0.134. The summed E-state index contributed by atoms with van der Waals surface area (Å²) in [6.45, 7) is 0. The van der Waals surface area contributed by atoms with E-state index in [0.717, 1.165) is 0 Å². The largest absolute Gasteiger partial charge is 0.144 e. The first-order valence-electron chi connectivity index (χ1n) is 20.8. The van der Waals surface area contributed by atoms with Crippen LogP contribution < -0.4 is 0 Å². The zero-order chi connectivity index (χ0) is 41.0. The summed E-state index contributed by atoms with van der Waals surface area (Å²) in [5, 5.41) is 16.2. The van der Waals surface area contributed by atoms with Crippen LogP contribution in [-0.4, -0.2) is 0 Å². The first-order valence-corrected chi connectivity index (χ1v) is 24.3. The molecule has 0 saturated carbocycles. The SMILES string of the molecule is c1ccc(-c2c3cc(-c4cccs4)ccc3c(-c3ccc(-c4cccs4)cc3)c3c(-c4ccccc4)c4cc(-c5cccs5)ccc4c(-c4ccc(-c5cccs5)cc4)c23)cc1. The Morgan fingerprint density at radius 2 is 0.500 bits per heavy atom. The third-order valence-electron chi connectivity index (χ3n) is 12.1. The topological polar surface area (TPSA) is 0 Å². The molecule has 0 radical (unpaired) electrons. The van der Waals surface area contributed by atoms with E-state index in [1.165, 1.54) is 119 Å².